The summed E-state index contributed by atoms with van der Waals surface area (Å²) >= 11 is 0. The third kappa shape index (κ3) is 3.88. The Balaban J connectivity index is 1.96. The molecule has 21 heavy (non-hydrogen) atoms. The number of benzene rings is 1. The van der Waals surface area contributed by atoms with E-state index < -0.39 is 0 Å². The number of amides is 1. The molecule has 2 atom stereocenters. The Morgan fingerprint density at radius 2 is 2.05 bits per heavy atom. The molecule has 0 radical (unpaired) electrons. The average Bonchev–Trinajstić information content (AvgIpc) is 2.94. The van der Waals surface area contributed by atoms with Crippen LogP contribution in [0.25, 0.3) is 0 Å². The van der Waals surface area contributed by atoms with Crippen molar-refractivity contribution in [1.29, 1.82) is 0 Å². The van der Waals surface area contributed by atoms with Crippen molar-refractivity contribution in [2.45, 2.75) is 31.7 Å². The minimum Gasteiger partial charge on any atom is -0.493 e. The van der Waals surface area contributed by atoms with Crippen LogP contribution >= 0.6 is 0 Å². The lowest BCUT2D eigenvalue weighted by molar-refractivity contribution is -0.121. The smallest absolute Gasteiger partial charge is 0.224 e. The molecule has 1 amide bonds. The summed E-state index contributed by atoms with van der Waals surface area (Å²) in [6, 6.07) is 5.77. The summed E-state index contributed by atoms with van der Waals surface area (Å²) in [7, 11) is 3.18. The first-order chi connectivity index (χ1) is 10.2. The summed E-state index contributed by atoms with van der Waals surface area (Å²) < 4.78 is 10.4. The quantitative estimate of drug-likeness (QED) is 0.833. The van der Waals surface area contributed by atoms with Gasteiger partial charge in [-0.25, -0.2) is 0 Å². The van der Waals surface area contributed by atoms with Crippen LogP contribution in [-0.2, 0) is 11.2 Å². The Kier molecular flexibility index (Phi) is 5.44. The summed E-state index contributed by atoms with van der Waals surface area (Å²) in [6.07, 6.45) is 3.62. The van der Waals surface area contributed by atoms with Gasteiger partial charge in [0.15, 0.2) is 11.5 Å². The van der Waals surface area contributed by atoms with E-state index in [-0.39, 0.29) is 11.9 Å². The predicted octanol–water partition coefficient (Wildman–Crippen LogP) is 1.49. The molecule has 0 heterocycles. The van der Waals surface area contributed by atoms with Crippen LogP contribution < -0.4 is 20.5 Å². The fraction of sp³-hybridized carbons (Fsp3) is 0.562. The first-order valence-corrected chi connectivity index (χ1v) is 7.38. The highest BCUT2D eigenvalue weighted by Gasteiger charge is 2.27. The van der Waals surface area contributed by atoms with Gasteiger partial charge >= 0.3 is 0 Å². The zero-order valence-electron chi connectivity index (χ0n) is 12.7. The van der Waals surface area contributed by atoms with E-state index in [1.807, 2.05) is 18.2 Å². The van der Waals surface area contributed by atoms with Crippen LogP contribution in [-0.4, -0.2) is 32.7 Å². The Morgan fingerprint density at radius 1 is 1.29 bits per heavy atom. The van der Waals surface area contributed by atoms with Gasteiger partial charge in [-0.1, -0.05) is 12.5 Å². The van der Waals surface area contributed by atoms with Crippen LogP contribution in [0.15, 0.2) is 18.2 Å². The normalized spacial score (nSPS) is 21.1. The molecule has 2 unspecified atom stereocenters. The first kappa shape index (κ1) is 15.6. The third-order valence-electron chi connectivity index (χ3n) is 4.12. The van der Waals surface area contributed by atoms with Crippen molar-refractivity contribution in [1.82, 2.24) is 5.32 Å². The van der Waals surface area contributed by atoms with Crippen LogP contribution in [0.4, 0.5) is 0 Å². The van der Waals surface area contributed by atoms with E-state index in [1.165, 1.54) is 0 Å². The van der Waals surface area contributed by atoms with Gasteiger partial charge in [-0.2, -0.15) is 0 Å². The maximum absolute atomic E-state index is 12.2. The van der Waals surface area contributed by atoms with Crippen molar-refractivity contribution < 1.29 is 14.3 Å². The second-order valence-electron chi connectivity index (χ2n) is 5.47. The summed E-state index contributed by atoms with van der Waals surface area (Å²) in [6.45, 7) is 0.640. The monoisotopic (exact) mass is 292 g/mol. The van der Waals surface area contributed by atoms with Crippen molar-refractivity contribution in [3.63, 3.8) is 0 Å². The van der Waals surface area contributed by atoms with Crippen LogP contribution in [0.3, 0.4) is 0 Å². The van der Waals surface area contributed by atoms with E-state index in [2.05, 4.69) is 5.32 Å². The number of hydrogen-bond donors (Lipinski definition) is 2. The van der Waals surface area contributed by atoms with Crippen molar-refractivity contribution in [3.05, 3.63) is 23.8 Å². The molecule has 1 saturated carbocycles. The summed E-state index contributed by atoms with van der Waals surface area (Å²) in [4.78, 5) is 12.2. The molecule has 1 aliphatic rings. The largest absolute Gasteiger partial charge is 0.493 e. The number of nitrogens with one attached hydrogen (secondary N) is 1. The molecule has 5 nitrogen and oxygen atoms in total. The molecular formula is C16H24N2O3. The van der Waals surface area contributed by atoms with Crippen molar-refractivity contribution in [2.75, 3.05) is 20.8 Å². The molecule has 5 heteroatoms. The lowest BCUT2D eigenvalue weighted by Crippen LogP contribution is -2.40. The minimum atomic E-state index is 0.0348. The minimum absolute atomic E-state index is 0.0348. The lowest BCUT2D eigenvalue weighted by atomic mass is 10.0. The number of methoxy groups -OCH3 is 2. The van der Waals surface area contributed by atoms with E-state index >= 15 is 0 Å². The molecule has 3 N–H and O–H groups in total. The Morgan fingerprint density at radius 3 is 2.71 bits per heavy atom. The molecule has 0 spiro atoms. The van der Waals surface area contributed by atoms with Crippen LogP contribution in [0.5, 0.6) is 11.5 Å². The molecule has 1 fully saturated rings. The average molecular weight is 292 g/mol. The maximum atomic E-state index is 12.2. The molecular weight excluding hydrogens is 268 g/mol. The van der Waals surface area contributed by atoms with Gasteiger partial charge in [-0.3, -0.25) is 4.79 Å². The highest BCUT2D eigenvalue weighted by molar-refractivity contribution is 5.79. The Labute approximate surface area is 125 Å². The van der Waals surface area contributed by atoms with Crippen molar-refractivity contribution in [3.8, 4) is 11.5 Å². The van der Waals surface area contributed by atoms with Gasteiger partial charge in [0.2, 0.25) is 5.91 Å². The third-order valence-corrected chi connectivity index (χ3v) is 4.12. The molecule has 1 aromatic rings. The van der Waals surface area contributed by atoms with E-state index in [9.17, 15) is 4.79 Å². The van der Waals surface area contributed by atoms with E-state index in [1.54, 1.807) is 14.2 Å². The lowest BCUT2D eigenvalue weighted by Gasteiger charge is -2.19. The van der Waals surface area contributed by atoms with Gasteiger partial charge in [0.05, 0.1) is 20.6 Å². The molecule has 116 valence electrons. The van der Waals surface area contributed by atoms with Crippen LogP contribution in [0, 0.1) is 5.92 Å². The second kappa shape index (κ2) is 7.31. The van der Waals surface area contributed by atoms with Crippen molar-refractivity contribution in [2.24, 2.45) is 11.7 Å². The standard InChI is InChI=1S/C16H24N2O3/c1-20-14-7-6-11(8-15(14)21-2)9-16(19)18-13-5-3-4-12(13)10-17/h6-8,12-13H,3-5,9-10,17H2,1-2H3,(H,18,19). The Hall–Kier alpha value is -1.75. The van der Waals surface area contributed by atoms with Crippen molar-refractivity contribution >= 4 is 5.91 Å². The number of ether oxygens (including phenoxy) is 2. The van der Waals surface area contributed by atoms with Gasteiger partial charge in [0.1, 0.15) is 0 Å². The number of nitrogens with two attached hydrogens (primary N) is 1. The second-order valence-corrected chi connectivity index (χ2v) is 5.47. The van der Waals surface area contributed by atoms with E-state index in [0.717, 1.165) is 24.8 Å². The first-order valence-electron chi connectivity index (χ1n) is 7.38. The Bertz CT molecular complexity index is 490. The summed E-state index contributed by atoms with van der Waals surface area (Å²) in [5.74, 6) is 1.76. The number of carbonyl (C=O) groups excluding carboxylic acids is 1. The summed E-state index contributed by atoms with van der Waals surface area (Å²) in [5.41, 5.74) is 6.65. The SMILES string of the molecule is COc1ccc(CC(=O)NC2CCCC2CN)cc1OC. The van der Waals surface area contributed by atoms with Crippen LogP contribution in [0.2, 0.25) is 0 Å². The highest BCUT2D eigenvalue weighted by atomic mass is 16.5. The molecule has 1 aromatic carbocycles. The van der Waals surface area contributed by atoms with Gasteiger partial charge in [-0.05, 0) is 43.0 Å². The number of carbonyl (C=O) groups is 1. The fourth-order valence-electron chi connectivity index (χ4n) is 2.94. The highest BCUT2D eigenvalue weighted by Crippen LogP contribution is 2.28. The van der Waals surface area contributed by atoms with Gasteiger partial charge in [-0.15, -0.1) is 0 Å². The topological polar surface area (TPSA) is 73.6 Å². The number of hydrogen-bond acceptors (Lipinski definition) is 4. The van der Waals surface area contributed by atoms with Gasteiger partial charge in [0.25, 0.3) is 0 Å². The number of rotatable bonds is 6. The molecule has 0 aliphatic heterocycles. The van der Waals surface area contributed by atoms with Crippen LogP contribution in [0.1, 0.15) is 24.8 Å². The fourth-order valence-corrected chi connectivity index (χ4v) is 2.94. The van der Waals surface area contributed by atoms with E-state index in [4.69, 9.17) is 15.2 Å². The summed E-state index contributed by atoms with van der Waals surface area (Å²) in [5, 5.41) is 3.10. The predicted molar refractivity (Wildman–Crippen MR) is 81.6 cm³/mol. The van der Waals surface area contributed by atoms with Gasteiger partial charge < -0.3 is 20.5 Å². The molecule has 1 aliphatic carbocycles. The van der Waals surface area contributed by atoms with Gasteiger partial charge in [0, 0.05) is 6.04 Å². The van der Waals surface area contributed by atoms with E-state index in [0.29, 0.717) is 30.4 Å². The molecule has 0 saturated heterocycles. The molecule has 0 bridgehead atoms. The zero-order valence-corrected chi connectivity index (χ0v) is 12.7. The zero-order chi connectivity index (χ0) is 15.2. The molecule has 0 aromatic heterocycles. The maximum Gasteiger partial charge on any atom is 0.224 e. The molecule has 2 rings (SSSR count).